The maximum Gasteiger partial charge on any atom is 0.135 e. The number of rotatable bonds is 15. The van der Waals surface area contributed by atoms with Crippen LogP contribution >= 0.6 is 0 Å². The summed E-state index contributed by atoms with van der Waals surface area (Å²) in [5.41, 5.74) is 1.25. The van der Waals surface area contributed by atoms with Crippen LogP contribution in [0.5, 0.6) is 11.5 Å². The van der Waals surface area contributed by atoms with E-state index in [9.17, 15) is 0 Å². The van der Waals surface area contributed by atoms with Crippen molar-refractivity contribution in [3.8, 4) is 11.5 Å². The van der Waals surface area contributed by atoms with Crippen LogP contribution in [0.2, 0.25) is 0 Å². The molecule has 0 aliphatic rings. The molecule has 0 fully saturated rings. The molecular weight excluding hydrogens is 408 g/mol. The van der Waals surface area contributed by atoms with Crippen molar-refractivity contribution in [2.24, 2.45) is 0 Å². The van der Waals surface area contributed by atoms with Crippen LogP contribution in [0.25, 0.3) is 21.5 Å². The highest BCUT2D eigenvalue weighted by atomic mass is 16.5. The molecule has 0 aliphatic heterocycles. The summed E-state index contributed by atoms with van der Waals surface area (Å²) >= 11 is 0. The second-order valence-electron chi connectivity index (χ2n) is 7.34. The lowest BCUT2D eigenvalue weighted by atomic mass is 9.98. The van der Waals surface area contributed by atoms with Crippen LogP contribution in [0.1, 0.15) is 12.5 Å². The maximum absolute atomic E-state index is 6.28. The fourth-order valence-electron chi connectivity index (χ4n) is 3.57. The van der Waals surface area contributed by atoms with E-state index < -0.39 is 0 Å². The minimum absolute atomic E-state index is 0.464. The SMILES string of the molecule is CCc1ccc2c(OCCOCCOC)c3ccccc3c(OCCOCCOC)c2c1. The van der Waals surface area contributed by atoms with Crippen LogP contribution in [-0.4, -0.2) is 67.1 Å². The molecule has 3 rings (SSSR count). The van der Waals surface area contributed by atoms with Crippen LogP contribution in [0.3, 0.4) is 0 Å². The molecule has 3 aromatic carbocycles. The molecule has 0 bridgehead atoms. The van der Waals surface area contributed by atoms with Crippen LogP contribution < -0.4 is 9.47 Å². The smallest absolute Gasteiger partial charge is 0.135 e. The topological polar surface area (TPSA) is 55.4 Å². The second-order valence-corrected chi connectivity index (χ2v) is 7.34. The zero-order valence-electron chi connectivity index (χ0n) is 19.4. The van der Waals surface area contributed by atoms with Gasteiger partial charge in [0, 0.05) is 35.8 Å². The molecule has 0 heterocycles. The van der Waals surface area contributed by atoms with Crippen LogP contribution in [0.15, 0.2) is 42.5 Å². The van der Waals surface area contributed by atoms with Gasteiger partial charge in [0.05, 0.1) is 39.6 Å². The Balaban J connectivity index is 1.89. The molecule has 6 heteroatoms. The van der Waals surface area contributed by atoms with Crippen LogP contribution in [0, 0.1) is 0 Å². The summed E-state index contributed by atoms with van der Waals surface area (Å²) in [5.74, 6) is 1.72. The van der Waals surface area contributed by atoms with Crippen molar-refractivity contribution in [1.29, 1.82) is 0 Å². The van der Waals surface area contributed by atoms with Gasteiger partial charge in [-0.05, 0) is 18.1 Å². The first-order valence-electron chi connectivity index (χ1n) is 11.2. The van der Waals surface area contributed by atoms with E-state index in [4.69, 9.17) is 28.4 Å². The summed E-state index contributed by atoms with van der Waals surface area (Å²) in [6.07, 6.45) is 0.950. The van der Waals surface area contributed by atoms with Gasteiger partial charge in [-0.15, -0.1) is 0 Å². The Hall–Kier alpha value is -2.38. The molecule has 0 atom stereocenters. The predicted octanol–water partition coefficient (Wildman–Crippen LogP) is 4.64. The normalized spacial score (nSPS) is 11.3. The van der Waals surface area contributed by atoms with Gasteiger partial charge >= 0.3 is 0 Å². The van der Waals surface area contributed by atoms with E-state index >= 15 is 0 Å². The average Bonchev–Trinajstić information content (AvgIpc) is 2.83. The van der Waals surface area contributed by atoms with Gasteiger partial charge in [0.15, 0.2) is 0 Å². The van der Waals surface area contributed by atoms with Gasteiger partial charge in [-0.1, -0.05) is 43.3 Å². The quantitative estimate of drug-likeness (QED) is 0.253. The van der Waals surface area contributed by atoms with Gasteiger partial charge < -0.3 is 28.4 Å². The first kappa shape index (κ1) is 24.3. The van der Waals surface area contributed by atoms with Gasteiger partial charge in [0.25, 0.3) is 0 Å². The zero-order chi connectivity index (χ0) is 22.6. The van der Waals surface area contributed by atoms with E-state index in [0.29, 0.717) is 52.9 Å². The Kier molecular flexibility index (Phi) is 10.0. The largest absolute Gasteiger partial charge is 0.490 e. The van der Waals surface area contributed by atoms with Gasteiger partial charge in [-0.25, -0.2) is 0 Å². The molecule has 0 radical (unpaired) electrons. The fourth-order valence-corrected chi connectivity index (χ4v) is 3.57. The van der Waals surface area contributed by atoms with Gasteiger partial charge in [-0.3, -0.25) is 0 Å². The lowest BCUT2D eigenvalue weighted by Gasteiger charge is -2.18. The number of hydrogen-bond donors (Lipinski definition) is 0. The van der Waals surface area contributed by atoms with Gasteiger partial charge in [0.1, 0.15) is 24.7 Å². The molecule has 0 N–H and O–H groups in total. The Morgan fingerprint density at radius 3 is 1.59 bits per heavy atom. The fraction of sp³-hybridized carbons (Fsp3) is 0.462. The zero-order valence-corrected chi connectivity index (χ0v) is 19.4. The summed E-state index contributed by atoms with van der Waals surface area (Å²) in [5, 5.41) is 4.14. The molecule has 6 nitrogen and oxygen atoms in total. The van der Waals surface area contributed by atoms with E-state index in [0.717, 1.165) is 39.5 Å². The highest BCUT2D eigenvalue weighted by molar-refractivity contribution is 6.11. The number of aryl methyl sites for hydroxylation is 1. The first-order chi connectivity index (χ1) is 15.8. The maximum atomic E-state index is 6.28. The number of methoxy groups -OCH3 is 2. The monoisotopic (exact) mass is 442 g/mol. The third-order valence-electron chi connectivity index (χ3n) is 5.21. The van der Waals surface area contributed by atoms with Crippen molar-refractivity contribution in [3.05, 3.63) is 48.0 Å². The summed E-state index contributed by atoms with van der Waals surface area (Å²) < 4.78 is 33.7. The lowest BCUT2D eigenvalue weighted by Crippen LogP contribution is -2.11. The molecule has 0 aromatic heterocycles. The summed E-state index contributed by atoms with van der Waals surface area (Å²) in [7, 11) is 3.33. The molecule has 0 saturated carbocycles. The first-order valence-corrected chi connectivity index (χ1v) is 11.2. The van der Waals surface area contributed by atoms with Crippen LogP contribution in [0.4, 0.5) is 0 Å². The number of ether oxygens (including phenoxy) is 6. The number of hydrogen-bond acceptors (Lipinski definition) is 6. The molecule has 3 aromatic rings. The summed E-state index contributed by atoms with van der Waals surface area (Å²) in [4.78, 5) is 0. The molecule has 0 spiro atoms. The Morgan fingerprint density at radius 1 is 0.562 bits per heavy atom. The standard InChI is InChI=1S/C26H34O6/c1-4-20-9-10-23-24(19-20)26(32-18-16-30-14-12-28-3)22-8-6-5-7-21(22)25(23)31-17-15-29-13-11-27-2/h5-10,19H,4,11-18H2,1-3H3. The molecule has 32 heavy (non-hydrogen) atoms. The summed E-state index contributed by atoms with van der Waals surface area (Å²) in [6.45, 7) is 6.35. The second kappa shape index (κ2) is 13.2. The third kappa shape index (κ3) is 6.33. The van der Waals surface area contributed by atoms with E-state index in [1.807, 2.05) is 12.1 Å². The Morgan fingerprint density at radius 2 is 1.06 bits per heavy atom. The van der Waals surface area contributed by atoms with Crippen molar-refractivity contribution in [3.63, 3.8) is 0 Å². The van der Waals surface area contributed by atoms with Crippen molar-refractivity contribution in [2.45, 2.75) is 13.3 Å². The summed E-state index contributed by atoms with van der Waals surface area (Å²) in [6, 6.07) is 14.7. The van der Waals surface area contributed by atoms with Gasteiger partial charge in [-0.2, -0.15) is 0 Å². The number of fused-ring (bicyclic) bond motifs is 2. The van der Waals surface area contributed by atoms with Crippen molar-refractivity contribution < 1.29 is 28.4 Å². The molecule has 0 unspecified atom stereocenters. The molecule has 0 aliphatic carbocycles. The molecule has 0 amide bonds. The van der Waals surface area contributed by atoms with E-state index in [1.54, 1.807) is 14.2 Å². The van der Waals surface area contributed by atoms with Gasteiger partial charge in [0.2, 0.25) is 0 Å². The lowest BCUT2D eigenvalue weighted by molar-refractivity contribution is 0.0545. The molecular formula is C26H34O6. The third-order valence-corrected chi connectivity index (χ3v) is 5.21. The highest BCUT2D eigenvalue weighted by Gasteiger charge is 2.16. The van der Waals surface area contributed by atoms with E-state index in [2.05, 4.69) is 37.3 Å². The Bertz CT molecular complexity index is 971. The minimum atomic E-state index is 0.464. The van der Waals surface area contributed by atoms with Crippen LogP contribution in [-0.2, 0) is 25.4 Å². The minimum Gasteiger partial charge on any atom is -0.490 e. The number of benzene rings is 3. The Labute approximate surface area is 190 Å². The molecule has 174 valence electrons. The predicted molar refractivity (Wildman–Crippen MR) is 127 cm³/mol. The van der Waals surface area contributed by atoms with Crippen molar-refractivity contribution >= 4 is 21.5 Å². The van der Waals surface area contributed by atoms with Crippen molar-refractivity contribution in [2.75, 3.05) is 67.1 Å². The highest BCUT2D eigenvalue weighted by Crippen LogP contribution is 2.43. The molecule has 0 saturated heterocycles. The van der Waals surface area contributed by atoms with E-state index in [-0.39, 0.29) is 0 Å². The average molecular weight is 443 g/mol. The van der Waals surface area contributed by atoms with E-state index in [1.165, 1.54) is 5.56 Å². The van der Waals surface area contributed by atoms with Crippen molar-refractivity contribution in [1.82, 2.24) is 0 Å².